The minimum Gasteiger partial charge on any atom is -0.455 e. The molecule has 1 aromatic carbocycles. The van der Waals surface area contributed by atoms with Crippen LogP contribution in [0.5, 0.6) is 11.5 Å². The fourth-order valence-corrected chi connectivity index (χ4v) is 1.81. The maximum atomic E-state index is 5.90. The summed E-state index contributed by atoms with van der Waals surface area (Å²) in [6, 6.07) is 9.98. The Bertz CT molecular complexity index is 523. The Morgan fingerprint density at radius 1 is 1.22 bits per heavy atom. The first kappa shape index (κ1) is 12.6. The van der Waals surface area contributed by atoms with Crippen LogP contribution < -0.4 is 10.5 Å². The molecule has 0 bridgehead atoms. The second kappa shape index (κ2) is 5.65. The molecule has 0 radical (unpaired) electrons. The van der Waals surface area contributed by atoms with Gasteiger partial charge in [0.2, 0.25) is 0 Å². The number of pyridine rings is 1. The van der Waals surface area contributed by atoms with Crippen molar-refractivity contribution in [2.75, 3.05) is 0 Å². The maximum Gasteiger partial charge on any atom is 0.146 e. The predicted octanol–water partition coefficient (Wildman–Crippen LogP) is 3.46. The van der Waals surface area contributed by atoms with E-state index < -0.39 is 0 Å². The first-order valence-electron chi connectivity index (χ1n) is 6.11. The monoisotopic (exact) mass is 242 g/mol. The zero-order valence-corrected chi connectivity index (χ0v) is 10.8. The van der Waals surface area contributed by atoms with Crippen molar-refractivity contribution in [1.29, 1.82) is 0 Å². The summed E-state index contributed by atoms with van der Waals surface area (Å²) >= 11 is 0. The summed E-state index contributed by atoms with van der Waals surface area (Å²) in [5, 5.41) is 0. The van der Waals surface area contributed by atoms with Crippen LogP contribution in [-0.4, -0.2) is 4.98 Å². The molecule has 0 spiro atoms. The quantitative estimate of drug-likeness (QED) is 0.893. The van der Waals surface area contributed by atoms with Crippen molar-refractivity contribution in [2.24, 2.45) is 5.73 Å². The number of aromatic nitrogens is 1. The molecule has 3 heteroatoms. The van der Waals surface area contributed by atoms with Gasteiger partial charge in [-0.25, -0.2) is 0 Å². The number of para-hydroxylation sites is 1. The first-order chi connectivity index (χ1) is 8.70. The van der Waals surface area contributed by atoms with E-state index in [2.05, 4.69) is 24.9 Å². The molecule has 2 rings (SSSR count). The number of nitrogens with zero attached hydrogens (tertiary/aromatic N) is 1. The number of nitrogens with two attached hydrogens (primary N) is 1. The molecule has 3 nitrogen and oxygen atoms in total. The van der Waals surface area contributed by atoms with Gasteiger partial charge in [0.05, 0.1) is 6.20 Å². The van der Waals surface area contributed by atoms with Gasteiger partial charge in [-0.3, -0.25) is 4.98 Å². The number of hydrogen-bond acceptors (Lipinski definition) is 3. The highest BCUT2D eigenvalue weighted by molar-refractivity contribution is 5.39. The van der Waals surface area contributed by atoms with E-state index in [9.17, 15) is 0 Å². The molecule has 2 aromatic rings. The summed E-state index contributed by atoms with van der Waals surface area (Å²) in [6.45, 7) is 4.77. The van der Waals surface area contributed by atoms with E-state index >= 15 is 0 Å². The summed E-state index contributed by atoms with van der Waals surface area (Å²) < 4.78 is 5.90. The van der Waals surface area contributed by atoms with Crippen molar-refractivity contribution in [2.45, 2.75) is 26.3 Å². The molecule has 0 fully saturated rings. The summed E-state index contributed by atoms with van der Waals surface area (Å²) in [6.07, 6.45) is 3.46. The highest BCUT2D eigenvalue weighted by Gasteiger charge is 2.08. The topological polar surface area (TPSA) is 48.1 Å². The van der Waals surface area contributed by atoms with Crippen molar-refractivity contribution in [3.05, 3.63) is 53.9 Å². The van der Waals surface area contributed by atoms with Gasteiger partial charge in [-0.2, -0.15) is 0 Å². The van der Waals surface area contributed by atoms with E-state index in [0.717, 1.165) is 17.1 Å². The van der Waals surface area contributed by atoms with Crippen LogP contribution in [-0.2, 0) is 6.54 Å². The van der Waals surface area contributed by atoms with E-state index in [-0.39, 0.29) is 0 Å². The number of rotatable bonds is 4. The molecular weight excluding hydrogens is 224 g/mol. The highest BCUT2D eigenvalue weighted by atomic mass is 16.5. The minimum atomic E-state index is 0.423. The van der Waals surface area contributed by atoms with Gasteiger partial charge in [0.25, 0.3) is 0 Å². The molecule has 1 heterocycles. The van der Waals surface area contributed by atoms with Crippen LogP contribution in [0.2, 0.25) is 0 Å². The van der Waals surface area contributed by atoms with Crippen molar-refractivity contribution in [1.82, 2.24) is 4.98 Å². The Hall–Kier alpha value is -1.87. The SMILES string of the molecule is CC(C)c1ccccc1Oc1cncc(CN)c1. The van der Waals surface area contributed by atoms with E-state index in [0.29, 0.717) is 12.5 Å². The lowest BCUT2D eigenvalue weighted by atomic mass is 10.0. The second-order valence-corrected chi connectivity index (χ2v) is 4.53. The van der Waals surface area contributed by atoms with E-state index in [1.165, 1.54) is 5.56 Å². The number of benzene rings is 1. The molecule has 0 saturated carbocycles. The summed E-state index contributed by atoms with van der Waals surface area (Å²) in [4.78, 5) is 4.12. The molecule has 1 aromatic heterocycles. The molecule has 0 atom stereocenters. The van der Waals surface area contributed by atoms with Crippen LogP contribution in [0, 0.1) is 0 Å². The van der Waals surface area contributed by atoms with E-state index in [1.807, 2.05) is 24.3 Å². The van der Waals surface area contributed by atoms with Crippen molar-refractivity contribution in [3.8, 4) is 11.5 Å². The Kier molecular flexibility index (Phi) is 3.95. The molecule has 0 unspecified atom stereocenters. The summed E-state index contributed by atoms with van der Waals surface area (Å²) in [7, 11) is 0. The molecule has 0 saturated heterocycles. The van der Waals surface area contributed by atoms with Gasteiger partial charge in [-0.15, -0.1) is 0 Å². The molecular formula is C15H18N2O. The number of hydrogen-bond donors (Lipinski definition) is 1. The number of ether oxygens (including phenoxy) is 1. The smallest absolute Gasteiger partial charge is 0.146 e. The van der Waals surface area contributed by atoms with Crippen LogP contribution in [0.15, 0.2) is 42.7 Å². The fraction of sp³-hybridized carbons (Fsp3) is 0.267. The standard InChI is InChI=1S/C15H18N2O/c1-11(2)14-5-3-4-6-15(14)18-13-7-12(8-16)9-17-10-13/h3-7,9-11H,8,16H2,1-2H3. The highest BCUT2D eigenvalue weighted by Crippen LogP contribution is 2.30. The molecule has 0 amide bonds. The van der Waals surface area contributed by atoms with Gasteiger partial charge >= 0.3 is 0 Å². The van der Waals surface area contributed by atoms with Gasteiger partial charge in [0, 0.05) is 12.7 Å². The van der Waals surface area contributed by atoms with E-state index in [4.69, 9.17) is 10.5 Å². The molecule has 0 aliphatic rings. The fourth-order valence-electron chi connectivity index (χ4n) is 1.81. The maximum absolute atomic E-state index is 5.90. The zero-order valence-electron chi connectivity index (χ0n) is 10.8. The Labute approximate surface area is 108 Å². The van der Waals surface area contributed by atoms with Crippen LogP contribution in [0.3, 0.4) is 0 Å². The third-order valence-corrected chi connectivity index (χ3v) is 2.77. The third-order valence-electron chi connectivity index (χ3n) is 2.77. The molecule has 94 valence electrons. The van der Waals surface area contributed by atoms with Crippen LogP contribution >= 0.6 is 0 Å². The van der Waals surface area contributed by atoms with Gasteiger partial charge in [-0.05, 0) is 29.2 Å². The second-order valence-electron chi connectivity index (χ2n) is 4.53. The largest absolute Gasteiger partial charge is 0.455 e. The molecule has 0 aliphatic heterocycles. The van der Waals surface area contributed by atoms with Gasteiger partial charge in [0.15, 0.2) is 0 Å². The lowest BCUT2D eigenvalue weighted by Crippen LogP contribution is -1.98. The Morgan fingerprint density at radius 3 is 2.72 bits per heavy atom. The van der Waals surface area contributed by atoms with Crippen molar-refractivity contribution < 1.29 is 4.74 Å². The molecule has 0 aliphatic carbocycles. The normalized spacial score (nSPS) is 10.7. The van der Waals surface area contributed by atoms with E-state index in [1.54, 1.807) is 12.4 Å². The Morgan fingerprint density at radius 2 is 2.00 bits per heavy atom. The minimum absolute atomic E-state index is 0.423. The van der Waals surface area contributed by atoms with Gasteiger partial charge in [-0.1, -0.05) is 32.0 Å². The van der Waals surface area contributed by atoms with Crippen molar-refractivity contribution in [3.63, 3.8) is 0 Å². The van der Waals surface area contributed by atoms with Crippen LogP contribution in [0.25, 0.3) is 0 Å². The summed E-state index contributed by atoms with van der Waals surface area (Å²) in [5.74, 6) is 2.03. The Balaban J connectivity index is 2.28. The summed E-state index contributed by atoms with van der Waals surface area (Å²) in [5.41, 5.74) is 7.75. The average Bonchev–Trinajstić information content (AvgIpc) is 2.39. The van der Waals surface area contributed by atoms with Gasteiger partial charge < -0.3 is 10.5 Å². The van der Waals surface area contributed by atoms with Crippen LogP contribution in [0.4, 0.5) is 0 Å². The lowest BCUT2D eigenvalue weighted by Gasteiger charge is -2.13. The lowest BCUT2D eigenvalue weighted by molar-refractivity contribution is 0.470. The van der Waals surface area contributed by atoms with Crippen molar-refractivity contribution >= 4 is 0 Å². The third kappa shape index (κ3) is 2.87. The molecule has 2 N–H and O–H groups in total. The first-order valence-corrected chi connectivity index (χ1v) is 6.11. The predicted molar refractivity (Wildman–Crippen MR) is 72.7 cm³/mol. The average molecular weight is 242 g/mol. The molecule has 18 heavy (non-hydrogen) atoms. The zero-order chi connectivity index (χ0) is 13.0. The van der Waals surface area contributed by atoms with Gasteiger partial charge in [0.1, 0.15) is 11.5 Å². The van der Waals surface area contributed by atoms with Crippen LogP contribution in [0.1, 0.15) is 30.9 Å².